The van der Waals surface area contributed by atoms with Crippen molar-refractivity contribution in [3.8, 4) is 5.75 Å². The second kappa shape index (κ2) is 5.03. The van der Waals surface area contributed by atoms with Crippen molar-refractivity contribution in [1.82, 2.24) is 5.32 Å². The molecule has 4 nitrogen and oxygen atoms in total. The van der Waals surface area contributed by atoms with Gasteiger partial charge in [0.25, 0.3) is 0 Å². The van der Waals surface area contributed by atoms with Crippen molar-refractivity contribution >= 4 is 5.96 Å². The monoisotopic (exact) mass is 237 g/mol. The quantitative estimate of drug-likeness (QED) is 0.614. The molecule has 1 aromatic carbocycles. The molecule has 0 aliphatic heterocycles. The van der Waals surface area contributed by atoms with Gasteiger partial charge in [-0.1, -0.05) is 6.07 Å². The van der Waals surface area contributed by atoms with Gasteiger partial charge in [0.05, 0.1) is 13.7 Å². The zero-order chi connectivity index (χ0) is 12.3. The number of guanidine groups is 1. The van der Waals surface area contributed by atoms with Crippen molar-refractivity contribution in [2.75, 3.05) is 7.11 Å². The van der Waals surface area contributed by atoms with Crippen LogP contribution in [0.2, 0.25) is 0 Å². The Morgan fingerprint density at radius 3 is 2.94 bits per heavy atom. The van der Waals surface area contributed by atoms with Gasteiger partial charge >= 0.3 is 0 Å². The summed E-state index contributed by atoms with van der Waals surface area (Å²) in [7, 11) is 1.44. The molecule has 5 heteroatoms. The van der Waals surface area contributed by atoms with Gasteiger partial charge in [0.1, 0.15) is 0 Å². The minimum Gasteiger partial charge on any atom is -0.494 e. The van der Waals surface area contributed by atoms with Gasteiger partial charge in [0.15, 0.2) is 17.5 Å². The van der Waals surface area contributed by atoms with Crippen LogP contribution in [0.3, 0.4) is 0 Å². The average Bonchev–Trinajstić information content (AvgIpc) is 3.10. The van der Waals surface area contributed by atoms with Crippen LogP contribution in [0, 0.1) is 5.82 Å². The molecule has 0 heterocycles. The van der Waals surface area contributed by atoms with E-state index in [9.17, 15) is 4.39 Å². The standard InChI is InChI=1S/C12H16FN3O/c1-17-11-5-2-8(6-10(11)13)7-15-12(14)16-9-3-4-9/h2,5-6,9H,3-4,7H2,1H3,(H3,14,15,16). The molecule has 2 rings (SSSR count). The van der Waals surface area contributed by atoms with Crippen molar-refractivity contribution in [1.29, 1.82) is 0 Å². The first-order valence-corrected chi connectivity index (χ1v) is 5.58. The Balaban J connectivity index is 1.95. The number of hydrogen-bond donors (Lipinski definition) is 2. The van der Waals surface area contributed by atoms with Gasteiger partial charge < -0.3 is 15.8 Å². The van der Waals surface area contributed by atoms with E-state index in [1.165, 1.54) is 13.2 Å². The first-order chi connectivity index (χ1) is 8.19. The lowest BCUT2D eigenvalue weighted by molar-refractivity contribution is 0.386. The highest BCUT2D eigenvalue weighted by Crippen LogP contribution is 2.19. The molecule has 1 saturated carbocycles. The Bertz CT molecular complexity index is 430. The number of halogens is 1. The van der Waals surface area contributed by atoms with E-state index in [2.05, 4.69) is 10.3 Å². The molecule has 1 aromatic rings. The Hall–Kier alpha value is -1.78. The van der Waals surface area contributed by atoms with E-state index in [1.54, 1.807) is 12.1 Å². The van der Waals surface area contributed by atoms with Gasteiger partial charge in [-0.15, -0.1) is 0 Å². The third-order valence-electron chi connectivity index (χ3n) is 2.58. The molecule has 3 N–H and O–H groups in total. The van der Waals surface area contributed by atoms with Crippen molar-refractivity contribution in [2.45, 2.75) is 25.4 Å². The second-order valence-corrected chi connectivity index (χ2v) is 4.09. The number of aliphatic imine (C=N–C) groups is 1. The van der Waals surface area contributed by atoms with Crippen LogP contribution in [0.15, 0.2) is 23.2 Å². The number of hydrogen-bond acceptors (Lipinski definition) is 2. The number of nitrogens with two attached hydrogens (primary N) is 1. The zero-order valence-electron chi connectivity index (χ0n) is 9.74. The smallest absolute Gasteiger partial charge is 0.189 e. The number of rotatable bonds is 4. The summed E-state index contributed by atoms with van der Waals surface area (Å²) >= 11 is 0. The van der Waals surface area contributed by atoms with Gasteiger partial charge in [-0.05, 0) is 30.5 Å². The molecule has 1 aliphatic rings. The maximum absolute atomic E-state index is 13.4. The summed E-state index contributed by atoms with van der Waals surface area (Å²) in [5, 5.41) is 3.07. The highest BCUT2D eigenvalue weighted by atomic mass is 19.1. The summed E-state index contributed by atoms with van der Waals surface area (Å²) in [5.41, 5.74) is 6.44. The molecule has 92 valence electrons. The number of nitrogens with zero attached hydrogens (tertiary/aromatic N) is 1. The summed E-state index contributed by atoms with van der Waals surface area (Å²) in [6, 6.07) is 5.25. The lowest BCUT2D eigenvalue weighted by Gasteiger charge is -2.05. The summed E-state index contributed by atoms with van der Waals surface area (Å²) < 4.78 is 18.2. The van der Waals surface area contributed by atoms with Crippen LogP contribution < -0.4 is 15.8 Å². The van der Waals surface area contributed by atoms with Gasteiger partial charge in [0, 0.05) is 6.04 Å². The van der Waals surface area contributed by atoms with E-state index >= 15 is 0 Å². The van der Waals surface area contributed by atoms with Crippen LogP contribution in [0.1, 0.15) is 18.4 Å². The fraction of sp³-hybridized carbons (Fsp3) is 0.417. The minimum absolute atomic E-state index is 0.238. The van der Waals surface area contributed by atoms with Crippen molar-refractivity contribution in [2.24, 2.45) is 10.7 Å². The molecule has 0 atom stereocenters. The SMILES string of the molecule is COc1ccc(CN=C(N)NC2CC2)cc1F. The van der Waals surface area contributed by atoms with E-state index in [0.29, 0.717) is 18.5 Å². The molecule has 0 aromatic heterocycles. The van der Waals surface area contributed by atoms with Crippen LogP contribution in [0.5, 0.6) is 5.75 Å². The third-order valence-corrected chi connectivity index (χ3v) is 2.58. The molecule has 0 radical (unpaired) electrons. The summed E-state index contributed by atoms with van der Waals surface area (Å²) in [5.74, 6) is 0.277. The predicted molar refractivity (Wildman–Crippen MR) is 64.4 cm³/mol. The molecule has 0 spiro atoms. The normalized spacial score (nSPS) is 15.8. The van der Waals surface area contributed by atoms with E-state index in [0.717, 1.165) is 18.4 Å². The van der Waals surface area contributed by atoms with Gasteiger partial charge in [-0.3, -0.25) is 0 Å². The predicted octanol–water partition coefficient (Wildman–Crippen LogP) is 1.40. The Kier molecular flexibility index (Phi) is 3.46. The van der Waals surface area contributed by atoms with Crippen LogP contribution >= 0.6 is 0 Å². The number of nitrogens with one attached hydrogen (secondary N) is 1. The van der Waals surface area contributed by atoms with Crippen LogP contribution in [-0.2, 0) is 6.54 Å². The summed E-state index contributed by atoms with van der Waals surface area (Å²) in [6.45, 7) is 0.368. The van der Waals surface area contributed by atoms with Crippen molar-refractivity contribution in [3.05, 3.63) is 29.6 Å². The zero-order valence-corrected chi connectivity index (χ0v) is 9.74. The van der Waals surface area contributed by atoms with E-state index in [1.807, 2.05) is 0 Å². The highest BCUT2D eigenvalue weighted by Gasteiger charge is 2.21. The molecule has 0 amide bonds. The van der Waals surface area contributed by atoms with Crippen LogP contribution in [0.25, 0.3) is 0 Å². The molecule has 0 unspecified atom stereocenters. The number of methoxy groups -OCH3 is 1. The lowest BCUT2D eigenvalue weighted by atomic mass is 10.2. The topological polar surface area (TPSA) is 59.6 Å². The van der Waals surface area contributed by atoms with Crippen molar-refractivity contribution < 1.29 is 9.13 Å². The van der Waals surface area contributed by atoms with E-state index in [-0.39, 0.29) is 11.6 Å². The van der Waals surface area contributed by atoms with Gasteiger partial charge in [-0.2, -0.15) is 0 Å². The van der Waals surface area contributed by atoms with Gasteiger partial charge in [0.2, 0.25) is 0 Å². The minimum atomic E-state index is -0.381. The molecule has 1 fully saturated rings. The first kappa shape index (κ1) is 11.7. The fourth-order valence-electron chi connectivity index (χ4n) is 1.47. The number of ether oxygens (including phenoxy) is 1. The largest absolute Gasteiger partial charge is 0.494 e. The maximum atomic E-state index is 13.4. The van der Waals surface area contributed by atoms with E-state index in [4.69, 9.17) is 10.5 Å². The van der Waals surface area contributed by atoms with E-state index < -0.39 is 0 Å². The molecule has 1 aliphatic carbocycles. The molecular formula is C12H16FN3O. The average molecular weight is 237 g/mol. The Labute approximate surface area is 99.7 Å². The van der Waals surface area contributed by atoms with Crippen LogP contribution in [0.4, 0.5) is 4.39 Å². The molecule has 17 heavy (non-hydrogen) atoms. The Morgan fingerprint density at radius 2 is 2.35 bits per heavy atom. The van der Waals surface area contributed by atoms with Crippen molar-refractivity contribution in [3.63, 3.8) is 0 Å². The first-order valence-electron chi connectivity index (χ1n) is 5.58. The Morgan fingerprint density at radius 1 is 1.59 bits per heavy atom. The third kappa shape index (κ3) is 3.34. The molecule has 0 bridgehead atoms. The second-order valence-electron chi connectivity index (χ2n) is 4.09. The fourth-order valence-corrected chi connectivity index (χ4v) is 1.47. The highest BCUT2D eigenvalue weighted by molar-refractivity contribution is 5.78. The number of benzene rings is 1. The van der Waals surface area contributed by atoms with Gasteiger partial charge in [-0.25, -0.2) is 9.38 Å². The molecular weight excluding hydrogens is 221 g/mol. The molecule has 0 saturated heterocycles. The maximum Gasteiger partial charge on any atom is 0.189 e. The van der Waals surface area contributed by atoms with Crippen LogP contribution in [-0.4, -0.2) is 19.1 Å². The summed E-state index contributed by atoms with van der Waals surface area (Å²) in [6.07, 6.45) is 2.29. The lowest BCUT2D eigenvalue weighted by Crippen LogP contribution is -2.33. The summed E-state index contributed by atoms with van der Waals surface area (Å²) in [4.78, 5) is 4.15.